The van der Waals surface area contributed by atoms with E-state index in [2.05, 4.69) is 4.98 Å². The van der Waals surface area contributed by atoms with Gasteiger partial charge in [0.25, 0.3) is 0 Å². The largest absolute Gasteiger partial charge is 0.487 e. The van der Waals surface area contributed by atoms with E-state index >= 15 is 0 Å². The lowest BCUT2D eigenvalue weighted by molar-refractivity contribution is -0.136. The molecule has 0 amide bonds. The second-order valence-corrected chi connectivity index (χ2v) is 6.49. The third kappa shape index (κ3) is 3.59. The normalized spacial score (nSPS) is 11.8. The highest BCUT2D eigenvalue weighted by atomic mass is 32.1. The van der Waals surface area contributed by atoms with Crippen molar-refractivity contribution in [1.82, 2.24) is 4.98 Å². The number of thiophene rings is 1. The van der Waals surface area contributed by atoms with Crippen LogP contribution in [0.1, 0.15) is 11.3 Å². The van der Waals surface area contributed by atoms with Gasteiger partial charge >= 0.3 is 11.8 Å². The van der Waals surface area contributed by atoms with E-state index in [1.54, 1.807) is 0 Å². The maximum Gasteiger partial charge on any atom is 0.417 e. The van der Waals surface area contributed by atoms with Crippen LogP contribution in [0.4, 0.5) is 13.2 Å². The molecule has 0 bridgehead atoms. The van der Waals surface area contributed by atoms with E-state index in [4.69, 9.17) is 13.6 Å². The fourth-order valence-electron chi connectivity index (χ4n) is 2.51. The highest BCUT2D eigenvalue weighted by Crippen LogP contribution is 2.35. The monoisotopic (exact) mass is 393 g/mol. The Labute approximate surface area is 153 Å². The van der Waals surface area contributed by atoms with Crippen molar-refractivity contribution in [2.75, 3.05) is 0 Å². The number of nitrogens with zero attached hydrogens (tertiary/aromatic N) is 1. The topological polar surface area (TPSA) is 65.5 Å². The third-order valence-electron chi connectivity index (χ3n) is 3.69. The number of fused-ring (bicyclic) bond motifs is 1. The molecule has 0 unspecified atom stereocenters. The van der Waals surface area contributed by atoms with Gasteiger partial charge in [0, 0.05) is 17.5 Å². The number of ether oxygens (including phenoxy) is 1. The van der Waals surface area contributed by atoms with Gasteiger partial charge in [-0.3, -0.25) is 0 Å². The van der Waals surface area contributed by atoms with E-state index in [0.717, 1.165) is 4.88 Å². The van der Waals surface area contributed by atoms with Crippen molar-refractivity contribution in [3.8, 4) is 16.5 Å². The molecule has 138 valence electrons. The summed E-state index contributed by atoms with van der Waals surface area (Å²) in [6.07, 6.45) is -3.21. The predicted octanol–water partition coefficient (Wildman–Crippen LogP) is 5.11. The number of hydrogen-bond acceptors (Lipinski definition) is 6. The third-order valence-corrected chi connectivity index (χ3v) is 4.55. The first-order valence-corrected chi connectivity index (χ1v) is 8.54. The number of alkyl halides is 3. The van der Waals surface area contributed by atoms with Crippen molar-refractivity contribution in [1.29, 1.82) is 0 Å². The van der Waals surface area contributed by atoms with Crippen LogP contribution >= 0.6 is 11.3 Å². The Bertz CT molecular complexity index is 1150. The van der Waals surface area contributed by atoms with Crippen molar-refractivity contribution >= 4 is 22.3 Å². The van der Waals surface area contributed by atoms with Gasteiger partial charge in [-0.2, -0.15) is 13.2 Å². The molecule has 0 aliphatic carbocycles. The van der Waals surface area contributed by atoms with E-state index in [9.17, 15) is 18.0 Å². The molecule has 9 heteroatoms. The molecule has 1 aromatic carbocycles. The maximum atomic E-state index is 13.1. The van der Waals surface area contributed by atoms with Gasteiger partial charge in [-0.15, -0.1) is 11.3 Å². The van der Waals surface area contributed by atoms with Crippen LogP contribution in [0.5, 0.6) is 5.75 Å². The van der Waals surface area contributed by atoms with E-state index in [-0.39, 0.29) is 23.3 Å². The van der Waals surface area contributed by atoms with Crippen LogP contribution in [0.25, 0.3) is 21.7 Å². The molecule has 0 atom stereocenters. The molecular weight excluding hydrogens is 383 g/mol. The minimum Gasteiger partial charge on any atom is -0.487 e. The fourth-order valence-corrected chi connectivity index (χ4v) is 3.17. The summed E-state index contributed by atoms with van der Waals surface area (Å²) < 4.78 is 55.0. The van der Waals surface area contributed by atoms with Crippen molar-refractivity contribution in [2.24, 2.45) is 0 Å². The van der Waals surface area contributed by atoms with Crippen LogP contribution in [0, 0.1) is 0 Å². The van der Waals surface area contributed by atoms with Gasteiger partial charge in [0.15, 0.2) is 0 Å². The number of benzene rings is 1. The second-order valence-electron chi connectivity index (χ2n) is 5.54. The van der Waals surface area contributed by atoms with E-state index in [1.165, 1.54) is 35.8 Å². The Morgan fingerprint density at radius 2 is 2.04 bits per heavy atom. The molecule has 0 aliphatic rings. The Hall–Kier alpha value is -3.07. The first-order valence-electron chi connectivity index (χ1n) is 7.66. The Balaban J connectivity index is 1.57. The average Bonchev–Trinajstić information content (AvgIpc) is 3.29. The minimum absolute atomic E-state index is 0.0452. The summed E-state index contributed by atoms with van der Waals surface area (Å²) in [6, 6.07) is 7.99. The quantitative estimate of drug-likeness (QED) is 0.451. The Morgan fingerprint density at radius 1 is 1.19 bits per heavy atom. The first-order chi connectivity index (χ1) is 12.9. The zero-order valence-electron chi connectivity index (χ0n) is 13.4. The molecular formula is C18H10F3NO4S. The molecule has 4 aromatic rings. The molecule has 0 radical (unpaired) electrons. The summed E-state index contributed by atoms with van der Waals surface area (Å²) in [7, 11) is 0. The smallest absolute Gasteiger partial charge is 0.417 e. The van der Waals surface area contributed by atoms with Crippen LogP contribution < -0.4 is 10.4 Å². The Kier molecular flexibility index (Phi) is 4.23. The molecule has 3 aromatic heterocycles. The number of rotatable bonds is 4. The summed E-state index contributed by atoms with van der Waals surface area (Å²) >= 11 is 1.48. The first kappa shape index (κ1) is 17.3. The zero-order valence-corrected chi connectivity index (χ0v) is 14.3. The molecule has 0 fully saturated rings. The summed E-state index contributed by atoms with van der Waals surface area (Å²) in [4.78, 5) is 16.6. The second kappa shape index (κ2) is 6.58. The van der Waals surface area contributed by atoms with Crippen molar-refractivity contribution in [2.45, 2.75) is 12.8 Å². The van der Waals surface area contributed by atoms with Gasteiger partial charge in [-0.05, 0) is 23.6 Å². The van der Waals surface area contributed by atoms with Crippen molar-refractivity contribution in [3.63, 3.8) is 0 Å². The SMILES string of the molecule is O=c1cc(C(F)(F)F)c2ccc(OCc3coc(-c4cccs4)n3)cc2o1. The summed E-state index contributed by atoms with van der Waals surface area (Å²) in [5, 5.41) is 1.68. The Morgan fingerprint density at radius 3 is 2.78 bits per heavy atom. The fraction of sp³-hybridized carbons (Fsp3) is 0.111. The number of hydrogen-bond donors (Lipinski definition) is 0. The zero-order chi connectivity index (χ0) is 19.0. The molecule has 0 spiro atoms. The average molecular weight is 393 g/mol. The van der Waals surface area contributed by atoms with Crippen molar-refractivity contribution in [3.05, 3.63) is 69.7 Å². The van der Waals surface area contributed by atoms with Crippen LogP contribution in [0.15, 0.2) is 61.7 Å². The lowest BCUT2D eigenvalue weighted by Crippen LogP contribution is -2.11. The van der Waals surface area contributed by atoms with Crippen LogP contribution in [0.3, 0.4) is 0 Å². The molecule has 5 nitrogen and oxygen atoms in total. The summed E-state index contributed by atoms with van der Waals surface area (Å²) in [5.41, 5.74) is -1.81. The van der Waals surface area contributed by atoms with E-state index < -0.39 is 17.4 Å². The van der Waals surface area contributed by atoms with Crippen molar-refractivity contribution < 1.29 is 26.7 Å². The van der Waals surface area contributed by atoms with Gasteiger partial charge < -0.3 is 13.6 Å². The standard InChI is InChI=1S/C18H10F3NO4S/c19-18(20,21)13-7-16(23)26-14-6-11(3-4-12(13)14)24-8-10-9-25-17(22-10)15-2-1-5-27-15/h1-7,9H,8H2. The molecule has 27 heavy (non-hydrogen) atoms. The lowest BCUT2D eigenvalue weighted by atomic mass is 10.1. The van der Waals surface area contributed by atoms with E-state index in [1.807, 2.05) is 17.5 Å². The summed E-state index contributed by atoms with van der Waals surface area (Å²) in [6.45, 7) is 0.0452. The summed E-state index contributed by atoms with van der Waals surface area (Å²) in [5.74, 6) is 0.702. The molecule has 0 saturated carbocycles. The molecule has 0 N–H and O–H groups in total. The molecule has 3 heterocycles. The van der Waals surface area contributed by atoms with E-state index in [0.29, 0.717) is 17.7 Å². The van der Waals surface area contributed by atoms with Gasteiger partial charge in [0.05, 0.1) is 10.4 Å². The number of aromatic nitrogens is 1. The predicted molar refractivity (Wildman–Crippen MR) is 91.6 cm³/mol. The van der Waals surface area contributed by atoms with Crippen LogP contribution in [-0.4, -0.2) is 4.98 Å². The molecule has 0 saturated heterocycles. The molecule has 4 rings (SSSR count). The number of oxazole rings is 1. The number of halogens is 3. The van der Waals surface area contributed by atoms with Crippen LogP contribution in [-0.2, 0) is 12.8 Å². The highest BCUT2D eigenvalue weighted by molar-refractivity contribution is 7.13. The van der Waals surface area contributed by atoms with Crippen LogP contribution in [0.2, 0.25) is 0 Å². The maximum absolute atomic E-state index is 13.1. The van der Waals surface area contributed by atoms with Gasteiger partial charge in [0.1, 0.15) is 29.9 Å². The van der Waals surface area contributed by atoms with Gasteiger partial charge in [-0.25, -0.2) is 9.78 Å². The van der Waals surface area contributed by atoms with Gasteiger partial charge in [-0.1, -0.05) is 6.07 Å². The lowest BCUT2D eigenvalue weighted by Gasteiger charge is -2.10. The van der Waals surface area contributed by atoms with Gasteiger partial charge in [0.2, 0.25) is 5.89 Å². The highest BCUT2D eigenvalue weighted by Gasteiger charge is 2.33. The molecule has 0 aliphatic heterocycles. The minimum atomic E-state index is -4.66.